The first kappa shape index (κ1) is 12.5. The molecule has 0 unspecified atom stereocenters. The standard InChI is InChI=1S/C15H14N2O3/c18-14(13-6-3-9-20-13)16-15(19)17-8-7-11-4-1-2-5-12(11)10-17/h1-6,9H,7-8,10H2,(H,16,18,19). The molecule has 1 aliphatic rings. The predicted octanol–water partition coefficient (Wildman–Crippen LogP) is 2.19. The Morgan fingerprint density at radius 2 is 1.90 bits per heavy atom. The molecule has 0 fully saturated rings. The summed E-state index contributed by atoms with van der Waals surface area (Å²) in [7, 11) is 0. The van der Waals surface area contributed by atoms with Crippen LogP contribution in [0.3, 0.4) is 0 Å². The highest BCUT2D eigenvalue weighted by molar-refractivity contribution is 6.02. The molecule has 0 bridgehead atoms. The number of fused-ring (bicyclic) bond motifs is 1. The van der Waals surface area contributed by atoms with Crippen LogP contribution in [0.1, 0.15) is 21.7 Å². The third-order valence-corrected chi connectivity index (χ3v) is 3.38. The molecule has 0 aliphatic carbocycles. The molecular formula is C15H14N2O3. The van der Waals surface area contributed by atoms with Gasteiger partial charge in [0.15, 0.2) is 5.76 Å². The van der Waals surface area contributed by atoms with Crippen LogP contribution in [0.5, 0.6) is 0 Å². The summed E-state index contributed by atoms with van der Waals surface area (Å²) in [6.45, 7) is 1.13. The predicted molar refractivity (Wildman–Crippen MR) is 72.1 cm³/mol. The number of carbonyl (C=O) groups excluding carboxylic acids is 2. The van der Waals surface area contributed by atoms with Crippen LogP contribution in [-0.2, 0) is 13.0 Å². The lowest BCUT2D eigenvalue weighted by atomic mass is 10.0. The average Bonchev–Trinajstić information content (AvgIpc) is 3.01. The van der Waals surface area contributed by atoms with Crippen molar-refractivity contribution in [1.29, 1.82) is 0 Å². The third kappa shape index (κ3) is 2.42. The fourth-order valence-corrected chi connectivity index (χ4v) is 2.31. The van der Waals surface area contributed by atoms with E-state index in [1.807, 2.05) is 18.2 Å². The Labute approximate surface area is 116 Å². The van der Waals surface area contributed by atoms with Crippen LogP contribution in [-0.4, -0.2) is 23.4 Å². The van der Waals surface area contributed by atoms with Crippen molar-refractivity contribution in [3.63, 3.8) is 0 Å². The first-order valence-electron chi connectivity index (χ1n) is 6.44. The van der Waals surface area contributed by atoms with Gasteiger partial charge in [-0.25, -0.2) is 4.79 Å². The largest absolute Gasteiger partial charge is 0.459 e. The molecule has 0 spiro atoms. The van der Waals surface area contributed by atoms with Gasteiger partial charge in [0.2, 0.25) is 0 Å². The molecule has 1 N–H and O–H groups in total. The van der Waals surface area contributed by atoms with Gasteiger partial charge in [0.05, 0.1) is 6.26 Å². The van der Waals surface area contributed by atoms with Crippen molar-refractivity contribution in [3.8, 4) is 0 Å². The number of carbonyl (C=O) groups is 2. The highest BCUT2D eigenvalue weighted by atomic mass is 16.3. The average molecular weight is 270 g/mol. The SMILES string of the molecule is O=C(NC(=O)N1CCc2ccccc2C1)c1ccco1. The van der Waals surface area contributed by atoms with Crippen molar-refractivity contribution in [2.45, 2.75) is 13.0 Å². The zero-order chi connectivity index (χ0) is 13.9. The van der Waals surface area contributed by atoms with Crippen LogP contribution in [0, 0.1) is 0 Å². The molecular weight excluding hydrogens is 256 g/mol. The Hall–Kier alpha value is -2.56. The highest BCUT2D eigenvalue weighted by Crippen LogP contribution is 2.18. The molecule has 1 aliphatic heterocycles. The van der Waals surface area contributed by atoms with Crippen molar-refractivity contribution >= 4 is 11.9 Å². The summed E-state index contributed by atoms with van der Waals surface area (Å²) in [6, 6.07) is 10.8. The van der Waals surface area contributed by atoms with E-state index >= 15 is 0 Å². The number of urea groups is 1. The number of nitrogens with zero attached hydrogens (tertiary/aromatic N) is 1. The molecule has 3 amide bonds. The number of imide groups is 1. The van der Waals surface area contributed by atoms with Crippen molar-refractivity contribution in [3.05, 3.63) is 59.5 Å². The number of rotatable bonds is 1. The number of nitrogens with one attached hydrogen (secondary N) is 1. The molecule has 1 aromatic carbocycles. The molecule has 0 saturated heterocycles. The number of hydrogen-bond acceptors (Lipinski definition) is 3. The Kier molecular flexibility index (Phi) is 3.25. The third-order valence-electron chi connectivity index (χ3n) is 3.38. The van der Waals surface area contributed by atoms with Gasteiger partial charge in [-0.3, -0.25) is 10.1 Å². The topological polar surface area (TPSA) is 62.6 Å². The number of furan rings is 1. The van der Waals surface area contributed by atoms with E-state index in [4.69, 9.17) is 4.42 Å². The van der Waals surface area contributed by atoms with Gasteiger partial charge in [-0.1, -0.05) is 24.3 Å². The van der Waals surface area contributed by atoms with Crippen molar-refractivity contribution < 1.29 is 14.0 Å². The molecule has 5 nitrogen and oxygen atoms in total. The molecule has 0 atom stereocenters. The van der Waals surface area contributed by atoms with Crippen molar-refractivity contribution in [2.24, 2.45) is 0 Å². The molecule has 2 aromatic rings. The van der Waals surface area contributed by atoms with Crippen molar-refractivity contribution in [1.82, 2.24) is 10.2 Å². The molecule has 20 heavy (non-hydrogen) atoms. The second kappa shape index (κ2) is 5.21. The van der Waals surface area contributed by atoms with Crippen LogP contribution in [0.15, 0.2) is 47.1 Å². The second-order valence-electron chi connectivity index (χ2n) is 4.68. The number of benzene rings is 1. The second-order valence-corrected chi connectivity index (χ2v) is 4.68. The maximum atomic E-state index is 12.1. The zero-order valence-electron chi connectivity index (χ0n) is 10.8. The van der Waals surface area contributed by atoms with E-state index in [0.717, 1.165) is 12.0 Å². The summed E-state index contributed by atoms with van der Waals surface area (Å²) in [6.07, 6.45) is 2.20. The smallest absolute Gasteiger partial charge is 0.324 e. The lowest BCUT2D eigenvalue weighted by molar-refractivity contribution is 0.0922. The van der Waals surface area contributed by atoms with Crippen LogP contribution in [0.4, 0.5) is 4.79 Å². The minimum absolute atomic E-state index is 0.135. The van der Waals surface area contributed by atoms with E-state index in [1.165, 1.54) is 17.9 Å². The van der Waals surface area contributed by atoms with E-state index in [1.54, 1.807) is 11.0 Å². The molecule has 2 heterocycles. The van der Waals surface area contributed by atoms with Gasteiger partial charge in [0.25, 0.3) is 5.91 Å². The summed E-state index contributed by atoms with van der Waals surface area (Å²) >= 11 is 0. The van der Waals surface area contributed by atoms with Gasteiger partial charge in [0, 0.05) is 13.1 Å². The summed E-state index contributed by atoms with van der Waals surface area (Å²) < 4.78 is 4.96. The Balaban J connectivity index is 1.66. The minimum atomic E-state index is -0.515. The number of amides is 3. The van der Waals surface area contributed by atoms with Gasteiger partial charge in [0.1, 0.15) is 0 Å². The first-order chi connectivity index (χ1) is 9.74. The Bertz CT molecular complexity index is 634. The molecule has 1 aromatic heterocycles. The van der Waals surface area contributed by atoms with Gasteiger partial charge < -0.3 is 9.32 Å². The van der Waals surface area contributed by atoms with Crippen LogP contribution in [0.2, 0.25) is 0 Å². The van der Waals surface area contributed by atoms with E-state index in [2.05, 4.69) is 11.4 Å². The van der Waals surface area contributed by atoms with E-state index in [-0.39, 0.29) is 11.8 Å². The van der Waals surface area contributed by atoms with Crippen LogP contribution < -0.4 is 5.32 Å². The molecule has 102 valence electrons. The maximum absolute atomic E-state index is 12.1. The normalized spacial score (nSPS) is 13.7. The van der Waals surface area contributed by atoms with Gasteiger partial charge >= 0.3 is 6.03 Å². The van der Waals surface area contributed by atoms with Gasteiger partial charge in [-0.2, -0.15) is 0 Å². The molecule has 0 radical (unpaired) electrons. The Morgan fingerprint density at radius 1 is 1.10 bits per heavy atom. The van der Waals surface area contributed by atoms with Crippen molar-refractivity contribution in [2.75, 3.05) is 6.54 Å². The van der Waals surface area contributed by atoms with Gasteiger partial charge in [-0.15, -0.1) is 0 Å². The van der Waals surface area contributed by atoms with E-state index < -0.39 is 5.91 Å². The fourth-order valence-electron chi connectivity index (χ4n) is 2.31. The zero-order valence-corrected chi connectivity index (χ0v) is 10.8. The first-order valence-corrected chi connectivity index (χ1v) is 6.44. The summed E-state index contributed by atoms with van der Waals surface area (Å²) in [4.78, 5) is 25.4. The number of hydrogen-bond donors (Lipinski definition) is 1. The highest BCUT2D eigenvalue weighted by Gasteiger charge is 2.22. The quantitative estimate of drug-likeness (QED) is 0.864. The molecule has 5 heteroatoms. The maximum Gasteiger partial charge on any atom is 0.324 e. The molecule has 0 saturated carbocycles. The lowest BCUT2D eigenvalue weighted by Gasteiger charge is -2.28. The minimum Gasteiger partial charge on any atom is -0.459 e. The fraction of sp³-hybridized carbons (Fsp3) is 0.200. The molecule has 3 rings (SSSR count). The Morgan fingerprint density at radius 3 is 2.65 bits per heavy atom. The van der Waals surface area contributed by atoms with E-state index in [0.29, 0.717) is 13.1 Å². The van der Waals surface area contributed by atoms with Gasteiger partial charge in [-0.05, 0) is 29.7 Å². The van der Waals surface area contributed by atoms with Crippen LogP contribution >= 0.6 is 0 Å². The lowest BCUT2D eigenvalue weighted by Crippen LogP contribution is -2.44. The summed E-state index contributed by atoms with van der Waals surface area (Å²) in [5.41, 5.74) is 2.38. The van der Waals surface area contributed by atoms with Crippen LogP contribution in [0.25, 0.3) is 0 Å². The summed E-state index contributed by atoms with van der Waals surface area (Å²) in [5, 5.41) is 2.34. The summed E-state index contributed by atoms with van der Waals surface area (Å²) in [5.74, 6) is -0.380. The van der Waals surface area contributed by atoms with E-state index in [9.17, 15) is 9.59 Å². The monoisotopic (exact) mass is 270 g/mol.